The van der Waals surface area contributed by atoms with E-state index in [1.807, 2.05) is 24.3 Å². The smallest absolute Gasteiger partial charge is 0.253 e. The predicted octanol–water partition coefficient (Wildman–Crippen LogP) is 3.26. The third-order valence-electron chi connectivity index (χ3n) is 4.50. The predicted molar refractivity (Wildman–Crippen MR) is 108 cm³/mol. The minimum atomic E-state index is -0.328. The van der Waals surface area contributed by atoms with Crippen LogP contribution in [0.5, 0.6) is 5.75 Å². The highest BCUT2D eigenvalue weighted by molar-refractivity contribution is 6.07. The Morgan fingerprint density at radius 1 is 1.18 bits per heavy atom. The zero-order chi connectivity index (χ0) is 19.8. The van der Waals surface area contributed by atoms with Crippen molar-refractivity contribution >= 4 is 23.6 Å². The number of hydrogen-bond donors (Lipinski definition) is 2. The first-order valence-corrected chi connectivity index (χ1v) is 9.28. The number of ether oxygens (including phenoxy) is 2. The van der Waals surface area contributed by atoms with E-state index in [9.17, 15) is 9.59 Å². The van der Waals surface area contributed by atoms with Gasteiger partial charge in [-0.05, 0) is 37.1 Å². The van der Waals surface area contributed by atoms with E-state index in [1.165, 1.54) is 6.08 Å². The molecule has 0 bridgehead atoms. The second-order valence-electron chi connectivity index (χ2n) is 6.46. The van der Waals surface area contributed by atoms with Crippen LogP contribution in [0.3, 0.4) is 0 Å². The first-order valence-electron chi connectivity index (χ1n) is 9.28. The lowest BCUT2D eigenvalue weighted by molar-refractivity contribution is -0.111. The maximum atomic E-state index is 12.5. The van der Waals surface area contributed by atoms with Crippen molar-refractivity contribution in [2.45, 2.75) is 18.9 Å². The van der Waals surface area contributed by atoms with Crippen molar-refractivity contribution < 1.29 is 19.1 Å². The Bertz CT molecular complexity index is 857. The molecule has 2 N–H and O–H groups in total. The summed E-state index contributed by atoms with van der Waals surface area (Å²) in [5.41, 5.74) is 1.67. The highest BCUT2D eigenvalue weighted by Crippen LogP contribution is 2.19. The minimum absolute atomic E-state index is 0.0643. The van der Waals surface area contributed by atoms with Crippen LogP contribution in [0, 0.1) is 0 Å². The number of carbonyl (C=O) groups is 2. The Labute approximate surface area is 164 Å². The second-order valence-corrected chi connectivity index (χ2v) is 6.46. The summed E-state index contributed by atoms with van der Waals surface area (Å²) in [5, 5.41) is 5.65. The number of rotatable bonds is 7. The highest BCUT2D eigenvalue weighted by atomic mass is 16.5. The molecule has 1 aliphatic heterocycles. The number of anilines is 1. The van der Waals surface area contributed by atoms with Gasteiger partial charge in [-0.2, -0.15) is 0 Å². The van der Waals surface area contributed by atoms with Crippen LogP contribution in [0.15, 0.2) is 54.6 Å². The Hall–Kier alpha value is -3.12. The van der Waals surface area contributed by atoms with Crippen LogP contribution in [0.2, 0.25) is 0 Å². The van der Waals surface area contributed by atoms with Crippen LogP contribution >= 0.6 is 0 Å². The number of para-hydroxylation sites is 2. The molecule has 0 saturated carbocycles. The van der Waals surface area contributed by atoms with Gasteiger partial charge in [0.15, 0.2) is 0 Å². The quantitative estimate of drug-likeness (QED) is 0.723. The van der Waals surface area contributed by atoms with Crippen molar-refractivity contribution in [3.05, 3.63) is 65.7 Å². The van der Waals surface area contributed by atoms with Crippen molar-refractivity contribution in [2.75, 3.05) is 25.6 Å². The van der Waals surface area contributed by atoms with Crippen molar-refractivity contribution in [1.82, 2.24) is 5.32 Å². The zero-order valence-electron chi connectivity index (χ0n) is 15.8. The number of carbonyl (C=O) groups excluding carboxylic acids is 2. The first-order chi connectivity index (χ1) is 13.7. The molecule has 2 aromatic rings. The maximum absolute atomic E-state index is 12.5. The number of methoxy groups -OCH3 is 1. The largest absolute Gasteiger partial charge is 0.496 e. The lowest BCUT2D eigenvalue weighted by atomic mass is 10.1. The summed E-state index contributed by atoms with van der Waals surface area (Å²) in [7, 11) is 1.58. The maximum Gasteiger partial charge on any atom is 0.253 e. The Kier molecular flexibility index (Phi) is 6.81. The van der Waals surface area contributed by atoms with E-state index in [-0.39, 0.29) is 17.9 Å². The lowest BCUT2D eigenvalue weighted by Gasteiger charge is -2.13. The molecule has 1 saturated heterocycles. The topological polar surface area (TPSA) is 76.7 Å². The van der Waals surface area contributed by atoms with E-state index in [1.54, 1.807) is 37.5 Å². The van der Waals surface area contributed by atoms with Gasteiger partial charge < -0.3 is 20.1 Å². The average Bonchev–Trinajstić information content (AvgIpc) is 3.25. The van der Waals surface area contributed by atoms with Gasteiger partial charge in [0, 0.05) is 24.8 Å². The summed E-state index contributed by atoms with van der Waals surface area (Å²) in [5.74, 6) is 0.117. The summed E-state index contributed by atoms with van der Waals surface area (Å²) < 4.78 is 10.8. The summed E-state index contributed by atoms with van der Waals surface area (Å²) in [4.78, 5) is 24.9. The molecule has 1 aliphatic rings. The van der Waals surface area contributed by atoms with Gasteiger partial charge >= 0.3 is 0 Å². The molecule has 28 heavy (non-hydrogen) atoms. The molecule has 0 spiro atoms. The van der Waals surface area contributed by atoms with Crippen LogP contribution in [0.1, 0.15) is 28.8 Å². The summed E-state index contributed by atoms with van der Waals surface area (Å²) in [6.45, 7) is 1.21. The molecule has 2 aromatic carbocycles. The third-order valence-corrected chi connectivity index (χ3v) is 4.50. The zero-order valence-corrected chi connectivity index (χ0v) is 15.8. The summed E-state index contributed by atoms with van der Waals surface area (Å²) in [6, 6.07) is 14.3. The number of amides is 2. The molecule has 1 fully saturated rings. The van der Waals surface area contributed by atoms with Crippen LogP contribution in [0.4, 0.5) is 5.69 Å². The molecular formula is C22H24N2O4. The second kappa shape index (κ2) is 9.71. The third kappa shape index (κ3) is 5.20. The van der Waals surface area contributed by atoms with Gasteiger partial charge in [0.25, 0.3) is 5.91 Å². The normalized spacial score (nSPS) is 16.1. The van der Waals surface area contributed by atoms with E-state index >= 15 is 0 Å². The van der Waals surface area contributed by atoms with Crippen molar-refractivity contribution in [3.63, 3.8) is 0 Å². The average molecular weight is 380 g/mol. The van der Waals surface area contributed by atoms with E-state index in [2.05, 4.69) is 10.6 Å². The van der Waals surface area contributed by atoms with E-state index < -0.39 is 0 Å². The van der Waals surface area contributed by atoms with Crippen molar-refractivity contribution in [3.8, 4) is 5.75 Å². The molecule has 1 unspecified atom stereocenters. The van der Waals surface area contributed by atoms with Crippen LogP contribution in [0.25, 0.3) is 6.08 Å². The van der Waals surface area contributed by atoms with Gasteiger partial charge in [0.05, 0.1) is 24.5 Å². The first kappa shape index (κ1) is 19.6. The molecule has 2 amide bonds. The molecule has 0 aliphatic carbocycles. The Morgan fingerprint density at radius 2 is 1.96 bits per heavy atom. The molecule has 1 atom stereocenters. The van der Waals surface area contributed by atoms with Crippen LogP contribution in [-0.4, -0.2) is 38.2 Å². The van der Waals surface area contributed by atoms with E-state index in [0.717, 1.165) is 25.0 Å². The van der Waals surface area contributed by atoms with Gasteiger partial charge in [-0.1, -0.05) is 30.3 Å². The summed E-state index contributed by atoms with van der Waals surface area (Å²) >= 11 is 0. The highest BCUT2D eigenvalue weighted by Gasteiger charge is 2.18. The van der Waals surface area contributed by atoms with Gasteiger partial charge in [0.2, 0.25) is 5.91 Å². The molecule has 6 heteroatoms. The van der Waals surface area contributed by atoms with Gasteiger partial charge in [-0.15, -0.1) is 0 Å². The van der Waals surface area contributed by atoms with Gasteiger partial charge in [-0.25, -0.2) is 0 Å². The number of nitrogens with one attached hydrogen (secondary N) is 2. The molecular weight excluding hydrogens is 356 g/mol. The summed E-state index contributed by atoms with van der Waals surface area (Å²) in [6.07, 6.45) is 5.13. The van der Waals surface area contributed by atoms with E-state index in [0.29, 0.717) is 23.5 Å². The Morgan fingerprint density at radius 3 is 2.75 bits per heavy atom. The van der Waals surface area contributed by atoms with Gasteiger partial charge in [-0.3, -0.25) is 9.59 Å². The van der Waals surface area contributed by atoms with Crippen molar-refractivity contribution in [2.24, 2.45) is 0 Å². The fourth-order valence-electron chi connectivity index (χ4n) is 3.04. The fourth-order valence-corrected chi connectivity index (χ4v) is 3.04. The monoisotopic (exact) mass is 380 g/mol. The molecule has 3 rings (SSSR count). The number of benzene rings is 2. The van der Waals surface area contributed by atoms with Crippen molar-refractivity contribution in [1.29, 1.82) is 0 Å². The van der Waals surface area contributed by atoms with E-state index in [4.69, 9.17) is 9.47 Å². The van der Waals surface area contributed by atoms with Crippen LogP contribution < -0.4 is 15.4 Å². The molecule has 1 heterocycles. The molecule has 0 radical (unpaired) electrons. The minimum Gasteiger partial charge on any atom is -0.496 e. The Balaban J connectivity index is 1.64. The molecule has 0 aromatic heterocycles. The molecule has 146 valence electrons. The lowest BCUT2D eigenvalue weighted by Crippen LogP contribution is -2.32. The SMILES string of the molecule is COc1ccccc1C=CC(=O)Nc1ccccc1C(=O)NCC1CCCO1. The molecule has 6 nitrogen and oxygen atoms in total. The number of hydrogen-bond acceptors (Lipinski definition) is 4. The standard InChI is InChI=1S/C22H24N2O4/c1-27-20-11-5-2-7-16(20)12-13-21(25)24-19-10-4-3-9-18(19)22(26)23-15-17-8-6-14-28-17/h2-5,7,9-13,17H,6,8,14-15H2,1H3,(H,23,26)(H,24,25). The van der Waals surface area contributed by atoms with Gasteiger partial charge in [0.1, 0.15) is 5.75 Å². The van der Waals surface area contributed by atoms with Crippen LogP contribution in [-0.2, 0) is 9.53 Å². The fraction of sp³-hybridized carbons (Fsp3) is 0.273.